The van der Waals surface area contributed by atoms with E-state index in [1.54, 1.807) is 13.2 Å². The summed E-state index contributed by atoms with van der Waals surface area (Å²) < 4.78 is 17.6. The number of hydrogen-bond acceptors (Lipinski definition) is 2. The molecule has 0 aliphatic rings. The lowest BCUT2D eigenvalue weighted by atomic mass is 10.1. The Hall–Kier alpha value is -0.640. The van der Waals surface area contributed by atoms with E-state index in [0.717, 1.165) is 5.56 Å². The number of rotatable bonds is 3. The number of methoxy groups -OCH3 is 1. The highest BCUT2D eigenvalue weighted by Crippen LogP contribution is 2.19. The van der Waals surface area contributed by atoms with Crippen LogP contribution >= 0.6 is 11.6 Å². The maximum Gasteiger partial charge on any atom is 0.141 e. The van der Waals surface area contributed by atoms with E-state index in [-0.39, 0.29) is 11.1 Å². The summed E-state index contributed by atoms with van der Waals surface area (Å²) in [6, 6.07) is 4.15. The van der Waals surface area contributed by atoms with Gasteiger partial charge >= 0.3 is 0 Å². The van der Waals surface area contributed by atoms with Crippen LogP contribution in [0.3, 0.4) is 0 Å². The second-order valence-electron chi connectivity index (χ2n) is 2.74. The fraction of sp³-hybridized carbons (Fsp3) is 0.333. The van der Waals surface area contributed by atoms with E-state index in [0.29, 0.717) is 6.61 Å². The van der Waals surface area contributed by atoms with Gasteiger partial charge in [0.2, 0.25) is 0 Å². The lowest BCUT2D eigenvalue weighted by molar-refractivity contribution is 0.181. The first-order valence-electron chi connectivity index (χ1n) is 3.84. The Kier molecular flexibility index (Phi) is 3.66. The van der Waals surface area contributed by atoms with E-state index in [1.807, 2.05) is 0 Å². The summed E-state index contributed by atoms with van der Waals surface area (Å²) in [6.07, 6.45) is 0. The molecule has 0 aliphatic carbocycles. The van der Waals surface area contributed by atoms with Crippen molar-refractivity contribution in [3.63, 3.8) is 0 Å². The first-order chi connectivity index (χ1) is 6.15. The van der Waals surface area contributed by atoms with Crippen LogP contribution in [0.2, 0.25) is 5.02 Å². The fourth-order valence-electron chi connectivity index (χ4n) is 1.02. The summed E-state index contributed by atoms with van der Waals surface area (Å²) >= 11 is 5.59. The standard InChI is InChI=1S/C9H11ClFNO/c1-13-5-9(12)6-2-3-8(11)7(10)4-6/h2-4,9H,5,12H2,1H3/t9-/m1/s1. The molecule has 0 amide bonds. The van der Waals surface area contributed by atoms with Crippen LogP contribution in [0.15, 0.2) is 18.2 Å². The summed E-state index contributed by atoms with van der Waals surface area (Å²) in [5.74, 6) is -0.435. The molecule has 4 heteroatoms. The van der Waals surface area contributed by atoms with Crippen molar-refractivity contribution in [3.05, 3.63) is 34.6 Å². The molecule has 1 aromatic rings. The van der Waals surface area contributed by atoms with Gasteiger partial charge in [-0.05, 0) is 17.7 Å². The molecule has 0 bridgehead atoms. The van der Waals surface area contributed by atoms with Crippen molar-refractivity contribution in [1.29, 1.82) is 0 Å². The van der Waals surface area contributed by atoms with Gasteiger partial charge in [0.05, 0.1) is 17.7 Å². The number of hydrogen-bond donors (Lipinski definition) is 1. The molecular formula is C9H11ClFNO. The molecule has 0 aliphatic heterocycles. The molecular weight excluding hydrogens is 193 g/mol. The fourth-order valence-corrected chi connectivity index (χ4v) is 1.21. The second-order valence-corrected chi connectivity index (χ2v) is 3.14. The first-order valence-corrected chi connectivity index (χ1v) is 4.22. The van der Waals surface area contributed by atoms with E-state index in [1.165, 1.54) is 12.1 Å². The van der Waals surface area contributed by atoms with Crippen LogP contribution in [0.1, 0.15) is 11.6 Å². The van der Waals surface area contributed by atoms with Crippen molar-refractivity contribution in [3.8, 4) is 0 Å². The maximum absolute atomic E-state index is 12.7. The minimum absolute atomic E-state index is 0.0871. The Bertz CT molecular complexity index is 293. The second kappa shape index (κ2) is 4.56. The molecule has 0 aromatic heterocycles. The summed E-state index contributed by atoms with van der Waals surface area (Å²) in [6.45, 7) is 0.391. The number of nitrogens with two attached hydrogens (primary N) is 1. The molecule has 2 nitrogen and oxygen atoms in total. The van der Waals surface area contributed by atoms with Crippen molar-refractivity contribution in [1.82, 2.24) is 0 Å². The molecule has 1 rings (SSSR count). The van der Waals surface area contributed by atoms with Crippen LogP contribution in [0.25, 0.3) is 0 Å². The number of ether oxygens (including phenoxy) is 1. The summed E-state index contributed by atoms with van der Waals surface area (Å²) in [4.78, 5) is 0. The lowest BCUT2D eigenvalue weighted by Gasteiger charge is -2.10. The molecule has 1 aromatic carbocycles. The molecule has 0 spiro atoms. The monoisotopic (exact) mass is 203 g/mol. The summed E-state index contributed by atoms with van der Waals surface area (Å²) in [5.41, 5.74) is 6.49. The zero-order valence-corrected chi connectivity index (χ0v) is 8.01. The van der Waals surface area contributed by atoms with Crippen LogP contribution < -0.4 is 5.73 Å². The molecule has 13 heavy (non-hydrogen) atoms. The van der Waals surface area contributed by atoms with Gasteiger partial charge in [-0.15, -0.1) is 0 Å². The summed E-state index contributed by atoms with van der Waals surface area (Å²) in [5, 5.41) is 0.0871. The molecule has 0 saturated heterocycles. The third-order valence-corrected chi connectivity index (χ3v) is 2.01. The Morgan fingerprint density at radius 2 is 2.31 bits per heavy atom. The van der Waals surface area contributed by atoms with Crippen LogP contribution in [0.5, 0.6) is 0 Å². The Morgan fingerprint density at radius 3 is 2.85 bits per heavy atom. The first kappa shape index (κ1) is 10.4. The van der Waals surface area contributed by atoms with E-state index >= 15 is 0 Å². The van der Waals surface area contributed by atoms with Crippen molar-refractivity contribution in [2.24, 2.45) is 5.73 Å². The van der Waals surface area contributed by atoms with Gasteiger partial charge in [0, 0.05) is 7.11 Å². The SMILES string of the molecule is COC[C@@H](N)c1ccc(F)c(Cl)c1. The average Bonchev–Trinajstić information content (AvgIpc) is 2.10. The zero-order chi connectivity index (χ0) is 9.84. The minimum atomic E-state index is -0.435. The quantitative estimate of drug-likeness (QED) is 0.817. The highest BCUT2D eigenvalue weighted by atomic mass is 35.5. The molecule has 1 atom stereocenters. The highest BCUT2D eigenvalue weighted by Gasteiger charge is 2.07. The summed E-state index contributed by atoms with van der Waals surface area (Å²) in [7, 11) is 1.56. The van der Waals surface area contributed by atoms with Gasteiger partial charge in [-0.3, -0.25) is 0 Å². The minimum Gasteiger partial charge on any atom is -0.383 e. The van der Waals surface area contributed by atoms with E-state index < -0.39 is 5.82 Å². The average molecular weight is 204 g/mol. The maximum atomic E-state index is 12.7. The van der Waals surface area contributed by atoms with Gasteiger partial charge in [0.1, 0.15) is 5.82 Å². The smallest absolute Gasteiger partial charge is 0.141 e. The number of benzene rings is 1. The topological polar surface area (TPSA) is 35.2 Å². The third-order valence-electron chi connectivity index (χ3n) is 1.72. The van der Waals surface area contributed by atoms with E-state index in [4.69, 9.17) is 22.1 Å². The molecule has 0 radical (unpaired) electrons. The van der Waals surface area contributed by atoms with E-state index in [2.05, 4.69) is 0 Å². The number of halogens is 2. The zero-order valence-electron chi connectivity index (χ0n) is 7.26. The van der Waals surface area contributed by atoms with Crippen LogP contribution in [-0.2, 0) is 4.74 Å². The molecule has 0 fully saturated rings. The molecule has 2 N–H and O–H groups in total. The van der Waals surface area contributed by atoms with Gasteiger partial charge in [-0.2, -0.15) is 0 Å². The van der Waals surface area contributed by atoms with Gasteiger partial charge < -0.3 is 10.5 Å². The lowest BCUT2D eigenvalue weighted by Crippen LogP contribution is -2.16. The van der Waals surface area contributed by atoms with Crippen LogP contribution in [0.4, 0.5) is 4.39 Å². The van der Waals surface area contributed by atoms with Crippen molar-refractivity contribution < 1.29 is 9.13 Å². The van der Waals surface area contributed by atoms with Crippen molar-refractivity contribution in [2.75, 3.05) is 13.7 Å². The molecule has 0 heterocycles. The predicted octanol–water partition coefficient (Wildman–Crippen LogP) is 2.13. The normalized spacial score (nSPS) is 12.9. The predicted molar refractivity (Wildman–Crippen MR) is 50.2 cm³/mol. The Morgan fingerprint density at radius 1 is 1.62 bits per heavy atom. The Balaban J connectivity index is 2.84. The molecule has 0 unspecified atom stereocenters. The third kappa shape index (κ3) is 2.66. The van der Waals surface area contributed by atoms with Crippen molar-refractivity contribution in [2.45, 2.75) is 6.04 Å². The highest BCUT2D eigenvalue weighted by molar-refractivity contribution is 6.30. The molecule has 0 saturated carbocycles. The van der Waals surface area contributed by atoms with Gasteiger partial charge in [0.25, 0.3) is 0 Å². The van der Waals surface area contributed by atoms with Crippen molar-refractivity contribution >= 4 is 11.6 Å². The Labute approximate surface area is 81.4 Å². The van der Waals surface area contributed by atoms with Gasteiger partial charge in [0.15, 0.2) is 0 Å². The van der Waals surface area contributed by atoms with Gasteiger partial charge in [-0.25, -0.2) is 4.39 Å². The molecule has 72 valence electrons. The largest absolute Gasteiger partial charge is 0.383 e. The van der Waals surface area contributed by atoms with Crippen LogP contribution in [-0.4, -0.2) is 13.7 Å². The van der Waals surface area contributed by atoms with E-state index in [9.17, 15) is 4.39 Å². The van der Waals surface area contributed by atoms with Crippen LogP contribution in [0, 0.1) is 5.82 Å². The van der Waals surface area contributed by atoms with Gasteiger partial charge in [-0.1, -0.05) is 17.7 Å².